The van der Waals surface area contributed by atoms with Gasteiger partial charge in [-0.3, -0.25) is 19.3 Å². The van der Waals surface area contributed by atoms with E-state index in [0.29, 0.717) is 35.9 Å². The number of halogens is 4. The number of benzene rings is 2. The van der Waals surface area contributed by atoms with Crippen LogP contribution in [0, 0.1) is 5.92 Å². The van der Waals surface area contributed by atoms with Crippen molar-refractivity contribution in [3.63, 3.8) is 0 Å². The zero-order valence-electron chi connectivity index (χ0n) is 18.8. The SMILES string of the molecule is CCOc1ccccc1NC(=O)COC(=O)[C@H](C(C)C)N1C(=O)c2c(Br)c(Br)c(Br)c(Br)c2C1=O. The molecule has 0 spiro atoms. The van der Waals surface area contributed by atoms with Crippen molar-refractivity contribution in [3.05, 3.63) is 53.3 Å². The van der Waals surface area contributed by atoms with Crippen LogP contribution in [0.4, 0.5) is 5.69 Å². The van der Waals surface area contributed by atoms with Crippen molar-refractivity contribution in [2.45, 2.75) is 26.8 Å². The molecule has 0 bridgehead atoms. The monoisotopic (exact) mass is 736 g/mol. The van der Waals surface area contributed by atoms with Crippen molar-refractivity contribution in [3.8, 4) is 5.75 Å². The van der Waals surface area contributed by atoms with Crippen LogP contribution in [0.2, 0.25) is 0 Å². The molecule has 1 heterocycles. The molecule has 1 aliphatic heterocycles. The summed E-state index contributed by atoms with van der Waals surface area (Å²) in [5.41, 5.74) is 0.684. The highest BCUT2D eigenvalue weighted by Crippen LogP contribution is 2.46. The highest BCUT2D eigenvalue weighted by molar-refractivity contribution is 9.15. The number of nitrogens with zero attached hydrogens (tertiary/aromatic N) is 1. The molecule has 2 aromatic rings. The molecule has 0 saturated heterocycles. The number of hydrogen-bond acceptors (Lipinski definition) is 6. The number of esters is 1. The van der Waals surface area contributed by atoms with Gasteiger partial charge in [0.1, 0.15) is 11.8 Å². The topological polar surface area (TPSA) is 102 Å². The van der Waals surface area contributed by atoms with Gasteiger partial charge in [0, 0.05) is 17.9 Å². The predicted molar refractivity (Wildman–Crippen MR) is 144 cm³/mol. The van der Waals surface area contributed by atoms with Gasteiger partial charge in [0.15, 0.2) is 6.61 Å². The van der Waals surface area contributed by atoms with Gasteiger partial charge in [0.05, 0.1) is 23.4 Å². The van der Waals surface area contributed by atoms with Crippen LogP contribution in [0.25, 0.3) is 0 Å². The summed E-state index contributed by atoms with van der Waals surface area (Å²) >= 11 is 13.5. The lowest BCUT2D eigenvalue weighted by molar-refractivity contribution is -0.152. The van der Waals surface area contributed by atoms with E-state index in [-0.39, 0.29) is 11.1 Å². The molecule has 0 aliphatic carbocycles. The maximum Gasteiger partial charge on any atom is 0.330 e. The van der Waals surface area contributed by atoms with Gasteiger partial charge in [-0.1, -0.05) is 26.0 Å². The van der Waals surface area contributed by atoms with Crippen molar-refractivity contribution < 1.29 is 28.7 Å². The van der Waals surface area contributed by atoms with E-state index in [1.807, 2.05) is 6.92 Å². The van der Waals surface area contributed by atoms with Crippen molar-refractivity contribution in [1.82, 2.24) is 4.90 Å². The largest absolute Gasteiger partial charge is 0.492 e. The summed E-state index contributed by atoms with van der Waals surface area (Å²) in [6, 6.07) is 5.63. The molecule has 0 radical (unpaired) electrons. The lowest BCUT2D eigenvalue weighted by Gasteiger charge is -2.27. The minimum absolute atomic E-state index is 0.126. The van der Waals surface area contributed by atoms with Gasteiger partial charge in [-0.25, -0.2) is 4.79 Å². The summed E-state index contributed by atoms with van der Waals surface area (Å²) in [6.45, 7) is 5.00. The van der Waals surface area contributed by atoms with Crippen molar-refractivity contribution in [2.24, 2.45) is 5.92 Å². The molecule has 0 aromatic heterocycles. The Labute approximate surface area is 235 Å². The third-order valence-corrected chi connectivity index (χ3v) is 9.86. The number of fused-ring (bicyclic) bond motifs is 1. The third-order valence-electron chi connectivity index (χ3n) is 5.09. The minimum Gasteiger partial charge on any atom is -0.492 e. The molecule has 35 heavy (non-hydrogen) atoms. The van der Waals surface area contributed by atoms with Crippen LogP contribution >= 0.6 is 63.7 Å². The number of nitrogens with one attached hydrogen (secondary N) is 1. The van der Waals surface area contributed by atoms with Crippen LogP contribution in [0.1, 0.15) is 41.5 Å². The number of para-hydroxylation sites is 2. The summed E-state index contributed by atoms with van der Waals surface area (Å²) < 4.78 is 12.6. The van der Waals surface area contributed by atoms with E-state index in [0.717, 1.165) is 4.90 Å². The van der Waals surface area contributed by atoms with Gasteiger partial charge in [-0.2, -0.15) is 0 Å². The Morgan fingerprint density at radius 3 is 2.00 bits per heavy atom. The van der Waals surface area contributed by atoms with Crippen LogP contribution in [0.15, 0.2) is 42.2 Å². The van der Waals surface area contributed by atoms with Crippen molar-refractivity contribution in [1.29, 1.82) is 0 Å². The summed E-state index contributed by atoms with van der Waals surface area (Å²) in [4.78, 5) is 52.9. The van der Waals surface area contributed by atoms with E-state index in [9.17, 15) is 19.2 Å². The molecular weight excluding hydrogens is 720 g/mol. The zero-order chi connectivity index (χ0) is 26.0. The number of imide groups is 1. The van der Waals surface area contributed by atoms with E-state index in [1.165, 1.54) is 0 Å². The quantitative estimate of drug-likeness (QED) is 0.156. The summed E-state index contributed by atoms with van der Waals surface area (Å²) in [6.07, 6.45) is 0. The van der Waals surface area contributed by atoms with Crippen LogP contribution < -0.4 is 10.1 Å². The van der Waals surface area contributed by atoms with Crippen molar-refractivity contribution in [2.75, 3.05) is 18.5 Å². The molecule has 0 saturated carbocycles. The average molecular weight is 740 g/mol. The zero-order valence-corrected chi connectivity index (χ0v) is 25.1. The summed E-state index contributed by atoms with van der Waals surface area (Å²) in [5, 5.41) is 2.64. The number of ether oxygens (including phenoxy) is 2. The van der Waals surface area contributed by atoms with Gasteiger partial charge in [0.25, 0.3) is 17.7 Å². The molecule has 1 atom stereocenters. The number of hydrogen-bond donors (Lipinski definition) is 1. The first kappa shape index (κ1) is 27.8. The molecule has 2 aromatic carbocycles. The second kappa shape index (κ2) is 11.5. The van der Waals surface area contributed by atoms with E-state index in [4.69, 9.17) is 9.47 Å². The third kappa shape index (κ3) is 5.50. The molecule has 1 aliphatic rings. The Bertz CT molecular complexity index is 1170. The fourth-order valence-corrected chi connectivity index (χ4v) is 6.01. The highest BCUT2D eigenvalue weighted by Gasteiger charge is 2.47. The maximum atomic E-state index is 13.3. The molecule has 0 fully saturated rings. The predicted octanol–water partition coefficient (Wildman–Crippen LogP) is 5.94. The van der Waals surface area contributed by atoms with Gasteiger partial charge >= 0.3 is 5.97 Å². The van der Waals surface area contributed by atoms with Gasteiger partial charge in [0.2, 0.25) is 0 Å². The fraction of sp³-hybridized carbons (Fsp3) is 0.304. The second-order valence-corrected chi connectivity index (χ2v) is 10.9. The standard InChI is InChI=1S/C23H20Br4N2O6/c1-4-34-12-8-6-5-7-11(12)28-13(30)9-35-23(33)20(10(2)3)29-21(31)14-15(22(29)32)17(25)19(27)18(26)16(14)24/h5-8,10,20H,4,9H2,1-3H3,(H,28,30)/t20-/m0/s1. The lowest BCUT2D eigenvalue weighted by Crippen LogP contribution is -2.49. The van der Waals surface area contributed by atoms with Crippen LogP contribution in [0.3, 0.4) is 0 Å². The normalized spacial score (nSPS) is 13.7. The fourth-order valence-electron chi connectivity index (χ4n) is 3.55. The van der Waals surface area contributed by atoms with E-state index in [2.05, 4.69) is 69.0 Å². The number of carbonyl (C=O) groups is 4. The molecule has 3 amide bonds. The smallest absolute Gasteiger partial charge is 0.330 e. The van der Waals surface area contributed by atoms with Crippen LogP contribution in [-0.4, -0.2) is 47.8 Å². The molecule has 0 unspecified atom stereocenters. The van der Waals surface area contributed by atoms with Crippen LogP contribution in [0.5, 0.6) is 5.75 Å². The van der Waals surface area contributed by atoms with Gasteiger partial charge < -0.3 is 14.8 Å². The minimum atomic E-state index is -1.23. The van der Waals surface area contributed by atoms with E-state index in [1.54, 1.807) is 38.1 Å². The Balaban J connectivity index is 1.79. The Morgan fingerprint density at radius 1 is 0.943 bits per heavy atom. The van der Waals surface area contributed by atoms with E-state index < -0.39 is 42.3 Å². The molecule has 1 N–H and O–H groups in total. The Hall–Kier alpha value is -1.76. The Morgan fingerprint density at radius 2 is 1.49 bits per heavy atom. The molecule has 8 nitrogen and oxygen atoms in total. The number of amides is 3. The first-order valence-electron chi connectivity index (χ1n) is 10.4. The van der Waals surface area contributed by atoms with Gasteiger partial charge in [-0.15, -0.1) is 0 Å². The van der Waals surface area contributed by atoms with Crippen LogP contribution in [-0.2, 0) is 14.3 Å². The molecule has 186 valence electrons. The summed E-state index contributed by atoms with van der Waals surface area (Å²) in [7, 11) is 0. The van der Waals surface area contributed by atoms with Gasteiger partial charge in [-0.05, 0) is 88.7 Å². The first-order valence-corrected chi connectivity index (χ1v) is 13.6. The number of carbonyl (C=O) groups excluding carboxylic acids is 4. The van der Waals surface area contributed by atoms with Crippen molar-refractivity contribution >= 4 is 93.1 Å². The molecular formula is C23H20Br4N2O6. The average Bonchev–Trinajstić information content (AvgIpc) is 3.06. The number of anilines is 1. The summed E-state index contributed by atoms with van der Waals surface area (Å²) in [5.74, 6) is -2.74. The maximum absolute atomic E-state index is 13.3. The lowest BCUT2D eigenvalue weighted by atomic mass is 10.0. The number of rotatable bonds is 8. The molecule has 12 heteroatoms. The highest BCUT2D eigenvalue weighted by atomic mass is 79.9. The first-order chi connectivity index (χ1) is 16.5. The van der Waals surface area contributed by atoms with E-state index >= 15 is 0 Å². The molecule has 3 rings (SSSR count). The Kier molecular flexibility index (Phi) is 9.16. The second-order valence-electron chi connectivity index (χ2n) is 7.76.